The van der Waals surface area contributed by atoms with Gasteiger partial charge in [-0.1, -0.05) is 43.1 Å². The summed E-state index contributed by atoms with van der Waals surface area (Å²) in [7, 11) is -3.65. The van der Waals surface area contributed by atoms with E-state index in [0.717, 1.165) is 0 Å². The minimum atomic E-state index is -3.65. The fraction of sp³-hybridized carbons (Fsp3) is 0.316. The lowest BCUT2D eigenvalue weighted by molar-refractivity contribution is 0.0450. The van der Waals surface area contributed by atoms with Gasteiger partial charge in [-0.2, -0.15) is 4.31 Å². The zero-order chi connectivity index (χ0) is 20.7. The van der Waals surface area contributed by atoms with Crippen molar-refractivity contribution in [3.05, 3.63) is 58.1 Å². The Hall–Kier alpha value is -1.80. The van der Waals surface area contributed by atoms with Crippen LogP contribution in [-0.4, -0.2) is 45.0 Å². The van der Waals surface area contributed by atoms with Crippen LogP contribution >= 0.6 is 23.2 Å². The molecule has 0 amide bonds. The summed E-state index contributed by atoms with van der Waals surface area (Å²) in [5.41, 5.74) is 0.151. The van der Waals surface area contributed by atoms with Gasteiger partial charge in [0.05, 0.1) is 15.5 Å². The maximum Gasteiger partial charge on any atom is 0.338 e. The summed E-state index contributed by atoms with van der Waals surface area (Å²) < 4.78 is 37.1. The van der Waals surface area contributed by atoms with Crippen LogP contribution in [0.3, 0.4) is 0 Å². The first-order valence-corrected chi connectivity index (χ1v) is 10.8. The molecule has 152 valence electrons. The lowest BCUT2D eigenvalue weighted by Gasteiger charge is -2.18. The van der Waals surface area contributed by atoms with Gasteiger partial charge >= 0.3 is 5.97 Å². The number of hydrogen-bond acceptors (Lipinski definition) is 5. The molecule has 9 heteroatoms. The molecule has 2 aromatic rings. The summed E-state index contributed by atoms with van der Waals surface area (Å²) >= 11 is 11.8. The van der Waals surface area contributed by atoms with E-state index in [1.807, 2.05) is 0 Å². The Morgan fingerprint density at radius 1 is 1.04 bits per heavy atom. The molecule has 0 aliphatic carbocycles. The lowest BCUT2D eigenvalue weighted by atomic mass is 10.2. The van der Waals surface area contributed by atoms with Crippen molar-refractivity contribution >= 4 is 39.2 Å². The van der Waals surface area contributed by atoms with Crippen LogP contribution in [0.5, 0.6) is 5.75 Å². The van der Waals surface area contributed by atoms with Crippen molar-refractivity contribution in [2.75, 3.05) is 26.3 Å². The molecule has 0 atom stereocenters. The number of nitrogens with zero attached hydrogens (tertiary/aromatic N) is 1. The summed E-state index contributed by atoms with van der Waals surface area (Å²) in [6.07, 6.45) is 0. The highest BCUT2D eigenvalue weighted by Gasteiger charge is 2.22. The SMILES string of the molecule is CCN(CC)S(=O)(=O)c1cccc(C(=O)OCCOc2ccc(Cl)cc2Cl)c1. The molecule has 0 heterocycles. The maximum absolute atomic E-state index is 12.6. The molecule has 0 unspecified atom stereocenters. The first-order valence-electron chi connectivity index (χ1n) is 8.64. The third kappa shape index (κ3) is 5.61. The predicted octanol–water partition coefficient (Wildman–Crippen LogP) is 4.26. The molecule has 0 N–H and O–H groups in total. The molecule has 0 bridgehead atoms. The lowest BCUT2D eigenvalue weighted by Crippen LogP contribution is -2.30. The van der Waals surface area contributed by atoms with Gasteiger partial charge in [-0.25, -0.2) is 13.2 Å². The molecular formula is C19H21Cl2NO5S. The second-order valence-corrected chi connectivity index (χ2v) is 8.46. The first-order chi connectivity index (χ1) is 13.3. The molecule has 0 saturated carbocycles. The van der Waals surface area contributed by atoms with Crippen molar-refractivity contribution in [3.63, 3.8) is 0 Å². The molecule has 0 aliphatic rings. The van der Waals surface area contributed by atoms with Crippen LogP contribution in [0.4, 0.5) is 0 Å². The minimum Gasteiger partial charge on any atom is -0.488 e. The van der Waals surface area contributed by atoms with Gasteiger partial charge in [-0.3, -0.25) is 0 Å². The van der Waals surface area contributed by atoms with Crippen molar-refractivity contribution in [1.82, 2.24) is 4.31 Å². The minimum absolute atomic E-state index is 0.0230. The van der Waals surface area contributed by atoms with E-state index in [0.29, 0.717) is 28.9 Å². The number of rotatable bonds is 9. The molecule has 0 aromatic heterocycles. The Morgan fingerprint density at radius 2 is 1.75 bits per heavy atom. The topological polar surface area (TPSA) is 72.9 Å². The summed E-state index contributed by atoms with van der Waals surface area (Å²) in [6.45, 7) is 4.27. The summed E-state index contributed by atoms with van der Waals surface area (Å²) in [5, 5.41) is 0.844. The van der Waals surface area contributed by atoms with Crippen LogP contribution in [-0.2, 0) is 14.8 Å². The number of halogens is 2. The van der Waals surface area contributed by atoms with Gasteiger partial charge in [0.25, 0.3) is 0 Å². The van der Waals surface area contributed by atoms with Crippen molar-refractivity contribution in [3.8, 4) is 5.75 Å². The van der Waals surface area contributed by atoms with Gasteiger partial charge in [0.15, 0.2) is 0 Å². The molecule has 2 aromatic carbocycles. The molecule has 6 nitrogen and oxygen atoms in total. The van der Waals surface area contributed by atoms with E-state index in [-0.39, 0.29) is 23.7 Å². The number of carbonyl (C=O) groups excluding carboxylic acids is 1. The highest BCUT2D eigenvalue weighted by molar-refractivity contribution is 7.89. The quantitative estimate of drug-likeness (QED) is 0.425. The number of sulfonamides is 1. The highest BCUT2D eigenvalue weighted by Crippen LogP contribution is 2.27. The Bertz CT molecular complexity index is 930. The number of esters is 1. The predicted molar refractivity (Wildman–Crippen MR) is 109 cm³/mol. The Labute approximate surface area is 175 Å². The number of benzene rings is 2. The van der Waals surface area contributed by atoms with Crippen molar-refractivity contribution in [1.29, 1.82) is 0 Å². The van der Waals surface area contributed by atoms with Gasteiger partial charge in [0, 0.05) is 18.1 Å². The van der Waals surface area contributed by atoms with Crippen LogP contribution in [0.1, 0.15) is 24.2 Å². The normalized spacial score (nSPS) is 11.5. The monoisotopic (exact) mass is 445 g/mol. The average molecular weight is 446 g/mol. The van der Waals surface area contributed by atoms with E-state index in [2.05, 4.69) is 0 Å². The molecule has 2 rings (SSSR count). The first kappa shape index (κ1) is 22.5. The number of carbonyl (C=O) groups is 1. The van der Waals surface area contributed by atoms with Crippen molar-refractivity contribution in [2.45, 2.75) is 18.7 Å². The van der Waals surface area contributed by atoms with Crippen LogP contribution < -0.4 is 4.74 Å². The fourth-order valence-electron chi connectivity index (χ4n) is 2.46. The van der Waals surface area contributed by atoms with E-state index >= 15 is 0 Å². The average Bonchev–Trinajstić information content (AvgIpc) is 2.67. The molecule has 0 radical (unpaired) electrons. The number of ether oxygens (including phenoxy) is 2. The van der Waals surface area contributed by atoms with E-state index in [1.165, 1.54) is 28.6 Å². The van der Waals surface area contributed by atoms with E-state index in [1.54, 1.807) is 32.0 Å². The number of hydrogen-bond donors (Lipinski definition) is 0. The molecular weight excluding hydrogens is 425 g/mol. The summed E-state index contributed by atoms with van der Waals surface area (Å²) in [5.74, 6) is -0.211. The van der Waals surface area contributed by atoms with Crippen LogP contribution in [0.2, 0.25) is 10.0 Å². The second kappa shape index (κ2) is 10.1. The summed E-state index contributed by atoms with van der Waals surface area (Å²) in [4.78, 5) is 12.3. The highest BCUT2D eigenvalue weighted by atomic mass is 35.5. The van der Waals surface area contributed by atoms with E-state index in [4.69, 9.17) is 32.7 Å². The van der Waals surface area contributed by atoms with Crippen molar-refractivity contribution in [2.24, 2.45) is 0 Å². The zero-order valence-corrected chi connectivity index (χ0v) is 17.9. The van der Waals surface area contributed by atoms with Crippen molar-refractivity contribution < 1.29 is 22.7 Å². The summed E-state index contributed by atoms with van der Waals surface area (Å²) in [6, 6.07) is 10.6. The standard InChI is InChI=1S/C19H21Cl2NO5S/c1-3-22(4-2)28(24,25)16-7-5-6-14(12-16)19(23)27-11-10-26-18-9-8-15(20)13-17(18)21/h5-9,12-13H,3-4,10-11H2,1-2H3. The second-order valence-electron chi connectivity index (χ2n) is 5.68. The van der Waals surface area contributed by atoms with Gasteiger partial charge in [-0.15, -0.1) is 0 Å². The van der Waals surface area contributed by atoms with Gasteiger partial charge in [0.1, 0.15) is 19.0 Å². The molecule has 0 saturated heterocycles. The van der Waals surface area contributed by atoms with Gasteiger partial charge in [-0.05, 0) is 36.4 Å². The smallest absolute Gasteiger partial charge is 0.338 e. The zero-order valence-electron chi connectivity index (χ0n) is 15.5. The largest absolute Gasteiger partial charge is 0.488 e. The third-order valence-electron chi connectivity index (χ3n) is 3.88. The Morgan fingerprint density at radius 3 is 2.39 bits per heavy atom. The fourth-order valence-corrected chi connectivity index (χ4v) is 4.43. The molecule has 0 spiro atoms. The molecule has 0 aliphatic heterocycles. The molecule has 28 heavy (non-hydrogen) atoms. The van der Waals surface area contributed by atoms with Crippen LogP contribution in [0.25, 0.3) is 0 Å². The van der Waals surface area contributed by atoms with E-state index < -0.39 is 16.0 Å². The van der Waals surface area contributed by atoms with Gasteiger partial charge < -0.3 is 9.47 Å². The van der Waals surface area contributed by atoms with Crippen LogP contribution in [0.15, 0.2) is 47.4 Å². The Kier molecular flexibility index (Phi) is 8.12. The third-order valence-corrected chi connectivity index (χ3v) is 6.46. The Balaban J connectivity index is 1.97. The van der Waals surface area contributed by atoms with E-state index in [9.17, 15) is 13.2 Å². The molecule has 0 fully saturated rings. The van der Waals surface area contributed by atoms with Crippen LogP contribution in [0, 0.1) is 0 Å². The maximum atomic E-state index is 12.6. The van der Waals surface area contributed by atoms with Gasteiger partial charge in [0.2, 0.25) is 10.0 Å².